The molecule has 0 saturated carbocycles. The number of allylic oxidation sites excluding steroid dienone is 4. The third-order valence-electron chi connectivity index (χ3n) is 6.41. The van der Waals surface area contributed by atoms with Gasteiger partial charge in [0.2, 0.25) is 0 Å². The summed E-state index contributed by atoms with van der Waals surface area (Å²) in [6, 6.07) is 11.4. The van der Waals surface area contributed by atoms with Crippen LogP contribution in [-0.2, 0) is 15.0 Å². The van der Waals surface area contributed by atoms with Gasteiger partial charge in [0, 0.05) is 16.4 Å². The summed E-state index contributed by atoms with van der Waals surface area (Å²) in [4.78, 5) is 25.0. The number of fused-ring (bicyclic) bond motifs is 1. The third-order valence-corrected chi connectivity index (χ3v) is 6.41. The first-order valence-electron chi connectivity index (χ1n) is 10.4. The zero-order chi connectivity index (χ0) is 21.3. The largest absolute Gasteiger partial charge is 0.481 e. The van der Waals surface area contributed by atoms with Crippen molar-refractivity contribution in [2.45, 2.75) is 44.9 Å². The van der Waals surface area contributed by atoms with Gasteiger partial charge < -0.3 is 9.84 Å². The van der Waals surface area contributed by atoms with Gasteiger partial charge in [-0.05, 0) is 49.6 Å². The minimum Gasteiger partial charge on any atom is -0.481 e. The van der Waals surface area contributed by atoms with Gasteiger partial charge in [0.15, 0.2) is 0 Å². The predicted molar refractivity (Wildman–Crippen MR) is 118 cm³/mol. The number of carboxylic acid groups (broad SMARTS) is 1. The molecular formula is C26H26O4. The van der Waals surface area contributed by atoms with Gasteiger partial charge in [-0.1, -0.05) is 67.1 Å². The van der Waals surface area contributed by atoms with Gasteiger partial charge in [0.25, 0.3) is 0 Å². The van der Waals surface area contributed by atoms with Gasteiger partial charge in [-0.15, -0.1) is 0 Å². The maximum atomic E-state index is 13.0. The summed E-state index contributed by atoms with van der Waals surface area (Å²) in [6.45, 7) is 3.93. The van der Waals surface area contributed by atoms with Crippen molar-refractivity contribution in [3.63, 3.8) is 0 Å². The van der Waals surface area contributed by atoms with Crippen LogP contribution in [0, 0.1) is 5.92 Å². The van der Waals surface area contributed by atoms with Crippen molar-refractivity contribution < 1.29 is 19.4 Å². The second-order valence-electron chi connectivity index (χ2n) is 8.36. The van der Waals surface area contributed by atoms with E-state index in [0.717, 1.165) is 53.2 Å². The Kier molecular flexibility index (Phi) is 5.33. The number of carbonyl (C=O) groups is 2. The average molecular weight is 402 g/mol. The zero-order valence-electron chi connectivity index (χ0n) is 17.4. The Balaban J connectivity index is 1.84. The molecule has 2 aliphatic rings. The lowest BCUT2D eigenvalue weighted by Crippen LogP contribution is -2.36. The minimum absolute atomic E-state index is 0.298. The molecule has 0 amide bonds. The van der Waals surface area contributed by atoms with Crippen molar-refractivity contribution in [1.29, 1.82) is 0 Å². The highest BCUT2D eigenvalue weighted by Crippen LogP contribution is 2.43. The van der Waals surface area contributed by atoms with Crippen LogP contribution in [0.15, 0.2) is 71.8 Å². The Morgan fingerprint density at radius 3 is 2.53 bits per heavy atom. The highest BCUT2D eigenvalue weighted by Gasteiger charge is 2.39. The van der Waals surface area contributed by atoms with Crippen molar-refractivity contribution in [1.82, 2.24) is 0 Å². The maximum absolute atomic E-state index is 13.0. The van der Waals surface area contributed by atoms with Gasteiger partial charge in [0.1, 0.15) is 5.75 Å². The number of carbonyl (C=O) groups excluding carboxylic acids is 1. The van der Waals surface area contributed by atoms with E-state index in [-0.39, 0.29) is 5.97 Å². The molecule has 2 aromatic carbocycles. The van der Waals surface area contributed by atoms with E-state index >= 15 is 0 Å². The smallest absolute Gasteiger partial charge is 0.339 e. The number of rotatable bonds is 4. The first kappa shape index (κ1) is 20.1. The molecule has 2 aliphatic carbocycles. The molecule has 0 spiro atoms. The van der Waals surface area contributed by atoms with Gasteiger partial charge in [0.05, 0.1) is 5.92 Å². The van der Waals surface area contributed by atoms with Crippen LogP contribution in [0.3, 0.4) is 0 Å². The topological polar surface area (TPSA) is 63.6 Å². The number of aliphatic carboxylic acids is 1. The molecule has 4 nitrogen and oxygen atoms in total. The molecule has 0 bridgehead atoms. The SMILES string of the molecule is CC1=C(C(=O)Oc2cccc3cccc(C4(C)C=CC=CC4C(=O)O)c23)CCCC1. The number of hydrogen-bond donors (Lipinski definition) is 1. The maximum Gasteiger partial charge on any atom is 0.339 e. The molecule has 4 rings (SSSR count). The molecule has 2 aromatic rings. The molecule has 0 aromatic heterocycles. The summed E-state index contributed by atoms with van der Waals surface area (Å²) >= 11 is 0. The standard InChI is InChI=1S/C26H26O4/c1-17-9-3-4-12-19(17)25(29)30-22-15-8-11-18-10-7-14-20(23(18)22)26(2)16-6-5-13-21(26)24(27)28/h5-8,10-11,13-16,21H,3-4,9,12H2,1-2H3,(H,27,28). The second kappa shape index (κ2) is 7.94. The molecule has 2 atom stereocenters. The highest BCUT2D eigenvalue weighted by atomic mass is 16.5. The van der Waals surface area contributed by atoms with E-state index in [2.05, 4.69) is 0 Å². The quantitative estimate of drug-likeness (QED) is 0.525. The lowest BCUT2D eigenvalue weighted by atomic mass is 9.68. The summed E-state index contributed by atoms with van der Waals surface area (Å²) in [5.74, 6) is -1.41. The van der Waals surface area contributed by atoms with Gasteiger partial charge in [-0.2, -0.15) is 0 Å². The third kappa shape index (κ3) is 3.47. The van der Waals surface area contributed by atoms with Crippen molar-refractivity contribution in [3.05, 3.63) is 77.4 Å². The van der Waals surface area contributed by atoms with Gasteiger partial charge >= 0.3 is 11.9 Å². The Morgan fingerprint density at radius 1 is 1.07 bits per heavy atom. The van der Waals surface area contributed by atoms with E-state index in [1.807, 2.05) is 56.3 Å². The number of esters is 1. The molecule has 0 aliphatic heterocycles. The van der Waals surface area contributed by atoms with Crippen LogP contribution in [0.25, 0.3) is 10.8 Å². The van der Waals surface area contributed by atoms with Crippen LogP contribution in [0.4, 0.5) is 0 Å². The summed E-state index contributed by atoms with van der Waals surface area (Å²) in [5.41, 5.74) is 1.95. The van der Waals surface area contributed by atoms with Crippen molar-refractivity contribution in [2.75, 3.05) is 0 Å². The van der Waals surface area contributed by atoms with Crippen molar-refractivity contribution >= 4 is 22.7 Å². The van der Waals surface area contributed by atoms with Crippen LogP contribution in [-0.4, -0.2) is 17.0 Å². The summed E-state index contributed by atoms with van der Waals surface area (Å²) in [7, 11) is 0. The molecule has 0 radical (unpaired) electrons. The van der Waals surface area contributed by atoms with E-state index in [1.54, 1.807) is 18.2 Å². The fourth-order valence-electron chi connectivity index (χ4n) is 4.66. The molecule has 0 saturated heterocycles. The molecular weight excluding hydrogens is 376 g/mol. The normalized spacial score (nSPS) is 23.6. The van der Waals surface area contributed by atoms with E-state index < -0.39 is 17.3 Å². The predicted octanol–water partition coefficient (Wildman–Crippen LogP) is 5.72. The molecule has 2 unspecified atom stereocenters. The monoisotopic (exact) mass is 402 g/mol. The van der Waals surface area contributed by atoms with E-state index in [9.17, 15) is 14.7 Å². The van der Waals surface area contributed by atoms with E-state index in [0.29, 0.717) is 5.75 Å². The Bertz CT molecular complexity index is 1100. The van der Waals surface area contributed by atoms with Crippen LogP contribution in [0.2, 0.25) is 0 Å². The first-order chi connectivity index (χ1) is 14.4. The Morgan fingerprint density at radius 2 is 1.80 bits per heavy atom. The summed E-state index contributed by atoms with van der Waals surface area (Å²) in [5, 5.41) is 11.5. The Labute approximate surface area is 176 Å². The Hall–Kier alpha value is -3.14. The highest BCUT2D eigenvalue weighted by molar-refractivity contribution is 5.98. The first-order valence-corrected chi connectivity index (χ1v) is 10.4. The molecule has 30 heavy (non-hydrogen) atoms. The lowest BCUT2D eigenvalue weighted by molar-refractivity contribution is -0.141. The molecule has 154 valence electrons. The van der Waals surface area contributed by atoms with Crippen LogP contribution in [0.1, 0.15) is 45.1 Å². The summed E-state index contributed by atoms with van der Waals surface area (Å²) in [6.07, 6.45) is 11.1. The second-order valence-corrected chi connectivity index (χ2v) is 8.36. The number of carboxylic acids is 1. The number of benzene rings is 2. The van der Waals surface area contributed by atoms with Gasteiger partial charge in [-0.25, -0.2) is 4.79 Å². The average Bonchev–Trinajstić information content (AvgIpc) is 2.74. The molecule has 0 fully saturated rings. The fourth-order valence-corrected chi connectivity index (χ4v) is 4.66. The lowest BCUT2D eigenvalue weighted by Gasteiger charge is -2.34. The van der Waals surface area contributed by atoms with E-state index in [1.165, 1.54) is 0 Å². The zero-order valence-corrected chi connectivity index (χ0v) is 17.4. The number of hydrogen-bond acceptors (Lipinski definition) is 3. The minimum atomic E-state index is -0.882. The molecule has 4 heteroatoms. The number of ether oxygens (including phenoxy) is 1. The van der Waals surface area contributed by atoms with Crippen LogP contribution >= 0.6 is 0 Å². The molecule has 0 heterocycles. The summed E-state index contributed by atoms with van der Waals surface area (Å²) < 4.78 is 5.92. The molecule has 1 N–H and O–H groups in total. The van der Waals surface area contributed by atoms with Crippen LogP contribution < -0.4 is 4.74 Å². The van der Waals surface area contributed by atoms with Crippen LogP contribution in [0.5, 0.6) is 5.75 Å². The van der Waals surface area contributed by atoms with Gasteiger partial charge in [-0.3, -0.25) is 4.79 Å². The van der Waals surface area contributed by atoms with Crippen molar-refractivity contribution in [3.8, 4) is 5.75 Å². The van der Waals surface area contributed by atoms with E-state index in [4.69, 9.17) is 4.74 Å². The van der Waals surface area contributed by atoms with Crippen molar-refractivity contribution in [2.24, 2.45) is 5.92 Å². The fraction of sp³-hybridized carbons (Fsp3) is 0.308.